The molecule has 0 spiro atoms. The highest BCUT2D eigenvalue weighted by Gasteiger charge is 2.16. The monoisotopic (exact) mass is 449 g/mol. The summed E-state index contributed by atoms with van der Waals surface area (Å²) in [6.45, 7) is 3.63. The largest absolute Gasteiger partial charge is 0.496 e. The Balaban J connectivity index is 2.09. The zero-order valence-electron chi connectivity index (χ0n) is 15.2. The van der Waals surface area contributed by atoms with E-state index in [1.807, 2.05) is 13.0 Å². The maximum absolute atomic E-state index is 12.6. The lowest BCUT2D eigenvalue weighted by Gasteiger charge is -2.14. The molecule has 0 fully saturated rings. The molecule has 8 heteroatoms. The number of anilines is 2. The summed E-state index contributed by atoms with van der Waals surface area (Å²) in [5.41, 5.74) is 2.49. The zero-order valence-corrected chi connectivity index (χ0v) is 17.6. The Morgan fingerprint density at radius 2 is 1.81 bits per heavy atom. The molecule has 2 aromatic rings. The second-order valence-electron chi connectivity index (χ2n) is 5.69. The normalized spacial score (nSPS) is 10.1. The summed E-state index contributed by atoms with van der Waals surface area (Å²) in [6.07, 6.45) is 0.389. The van der Waals surface area contributed by atoms with Crippen molar-refractivity contribution < 1.29 is 14.3 Å². The molecular formula is C19H20BrN3O3S. The summed E-state index contributed by atoms with van der Waals surface area (Å²) < 4.78 is 6.10. The molecule has 0 heterocycles. The average molecular weight is 450 g/mol. The lowest BCUT2D eigenvalue weighted by atomic mass is 10.1. The molecule has 2 rings (SSSR count). The predicted octanol–water partition coefficient (Wildman–Crippen LogP) is 4.24. The molecule has 0 aliphatic heterocycles. The molecule has 0 saturated carbocycles. The number of thiocarbonyl (C=S) groups is 1. The number of aryl methyl sites for hydroxylation is 1. The molecule has 6 nitrogen and oxygen atoms in total. The van der Waals surface area contributed by atoms with Crippen LogP contribution in [-0.4, -0.2) is 24.0 Å². The van der Waals surface area contributed by atoms with E-state index < -0.39 is 0 Å². The Morgan fingerprint density at radius 1 is 1.15 bits per heavy atom. The van der Waals surface area contributed by atoms with Crippen molar-refractivity contribution in [1.82, 2.24) is 5.32 Å². The van der Waals surface area contributed by atoms with Gasteiger partial charge >= 0.3 is 0 Å². The van der Waals surface area contributed by atoms with Crippen molar-refractivity contribution in [3.63, 3.8) is 0 Å². The van der Waals surface area contributed by atoms with Crippen LogP contribution in [0.3, 0.4) is 0 Å². The summed E-state index contributed by atoms with van der Waals surface area (Å²) in [6, 6.07) is 10.6. The Hall–Kier alpha value is -2.45. The van der Waals surface area contributed by atoms with Crippen molar-refractivity contribution in [3.05, 3.63) is 52.0 Å². The van der Waals surface area contributed by atoms with Gasteiger partial charge in [0.25, 0.3) is 5.91 Å². The van der Waals surface area contributed by atoms with Crippen LogP contribution in [0.5, 0.6) is 5.75 Å². The van der Waals surface area contributed by atoms with Crippen LogP contribution in [-0.2, 0) is 4.79 Å². The number of carbonyl (C=O) groups excluding carboxylic acids is 2. The van der Waals surface area contributed by atoms with Crippen molar-refractivity contribution in [2.75, 3.05) is 17.7 Å². The summed E-state index contributed by atoms with van der Waals surface area (Å²) in [5.74, 6) is 0.0205. The number of hydrogen-bond donors (Lipinski definition) is 3. The fraction of sp³-hybridized carbons (Fsp3) is 0.211. The fourth-order valence-electron chi connectivity index (χ4n) is 2.43. The molecule has 0 aliphatic carbocycles. The average Bonchev–Trinajstić information content (AvgIpc) is 2.61. The van der Waals surface area contributed by atoms with Crippen molar-refractivity contribution >= 4 is 56.4 Å². The molecule has 0 aliphatic rings. The third-order valence-corrected chi connectivity index (χ3v) is 4.30. The van der Waals surface area contributed by atoms with E-state index in [2.05, 4.69) is 31.9 Å². The number of methoxy groups -OCH3 is 1. The molecule has 0 atom stereocenters. The Morgan fingerprint density at radius 3 is 2.44 bits per heavy atom. The van der Waals surface area contributed by atoms with Gasteiger partial charge < -0.3 is 15.4 Å². The van der Waals surface area contributed by atoms with Gasteiger partial charge in [0, 0.05) is 22.3 Å². The number of rotatable bonds is 5. The van der Waals surface area contributed by atoms with Gasteiger partial charge in [-0.05, 0) is 55.0 Å². The van der Waals surface area contributed by atoms with E-state index in [1.165, 1.54) is 7.11 Å². The van der Waals surface area contributed by atoms with Gasteiger partial charge in [-0.2, -0.15) is 0 Å². The molecule has 2 aromatic carbocycles. The Kier molecular flexibility index (Phi) is 7.32. The third-order valence-electron chi connectivity index (χ3n) is 3.64. The molecule has 0 unspecified atom stereocenters. The summed E-state index contributed by atoms with van der Waals surface area (Å²) in [4.78, 5) is 24.1. The first kappa shape index (κ1) is 20.9. The fourth-order valence-corrected chi connectivity index (χ4v) is 3.21. The van der Waals surface area contributed by atoms with Crippen LogP contribution in [0.4, 0.5) is 11.4 Å². The number of ether oxygens (including phenoxy) is 1. The van der Waals surface area contributed by atoms with Crippen LogP contribution in [0.15, 0.2) is 40.9 Å². The van der Waals surface area contributed by atoms with Gasteiger partial charge in [-0.25, -0.2) is 0 Å². The van der Waals surface area contributed by atoms with Crippen molar-refractivity contribution in [1.29, 1.82) is 0 Å². The molecule has 0 bridgehead atoms. The molecular weight excluding hydrogens is 430 g/mol. The lowest BCUT2D eigenvalue weighted by Crippen LogP contribution is -2.34. The molecule has 27 heavy (non-hydrogen) atoms. The molecule has 0 saturated heterocycles. The summed E-state index contributed by atoms with van der Waals surface area (Å²) >= 11 is 8.61. The number of hydrogen-bond acceptors (Lipinski definition) is 4. The van der Waals surface area contributed by atoms with Crippen LogP contribution < -0.4 is 20.7 Å². The second kappa shape index (κ2) is 9.48. The zero-order chi connectivity index (χ0) is 20.0. The minimum Gasteiger partial charge on any atom is -0.496 e. The van der Waals surface area contributed by atoms with Crippen molar-refractivity contribution in [2.24, 2.45) is 0 Å². The van der Waals surface area contributed by atoms with E-state index in [1.54, 1.807) is 37.3 Å². The molecule has 0 aromatic heterocycles. The smallest absolute Gasteiger partial charge is 0.261 e. The van der Waals surface area contributed by atoms with Crippen molar-refractivity contribution in [2.45, 2.75) is 20.3 Å². The van der Waals surface area contributed by atoms with Crippen LogP contribution in [0.25, 0.3) is 0 Å². The van der Waals surface area contributed by atoms with Gasteiger partial charge in [-0.1, -0.05) is 28.9 Å². The van der Waals surface area contributed by atoms with E-state index in [-0.39, 0.29) is 16.9 Å². The highest BCUT2D eigenvalue weighted by atomic mass is 79.9. The van der Waals surface area contributed by atoms with Gasteiger partial charge in [-0.3, -0.25) is 14.9 Å². The SMILES string of the molecule is CCC(=O)Nc1cccc(NC(=S)NC(=O)c2cc(Br)cc(C)c2OC)c1. The number of carbonyl (C=O) groups is 2. The minimum absolute atomic E-state index is 0.0832. The number of nitrogens with one attached hydrogen (secondary N) is 3. The standard InChI is InChI=1S/C19H20BrN3O3S/c1-4-16(24)21-13-6-5-7-14(10-13)22-19(27)23-18(25)15-9-12(20)8-11(2)17(15)26-3/h5-10H,4H2,1-3H3,(H,21,24)(H2,22,23,25,27). The van der Waals surface area contributed by atoms with E-state index in [0.29, 0.717) is 29.1 Å². The summed E-state index contributed by atoms with van der Waals surface area (Å²) in [5, 5.41) is 8.48. The second-order valence-corrected chi connectivity index (χ2v) is 7.02. The van der Waals surface area contributed by atoms with Gasteiger partial charge in [0.05, 0.1) is 12.7 Å². The van der Waals surface area contributed by atoms with E-state index in [4.69, 9.17) is 17.0 Å². The third kappa shape index (κ3) is 5.77. The first-order chi connectivity index (χ1) is 12.8. The van der Waals surface area contributed by atoms with E-state index >= 15 is 0 Å². The van der Waals surface area contributed by atoms with Gasteiger partial charge in [0.1, 0.15) is 5.75 Å². The first-order valence-corrected chi connectivity index (χ1v) is 9.40. The van der Waals surface area contributed by atoms with E-state index in [0.717, 1.165) is 10.0 Å². The topological polar surface area (TPSA) is 79.5 Å². The first-order valence-electron chi connectivity index (χ1n) is 8.20. The van der Waals surface area contributed by atoms with Gasteiger partial charge in [0.15, 0.2) is 5.11 Å². The van der Waals surface area contributed by atoms with E-state index in [9.17, 15) is 9.59 Å². The maximum atomic E-state index is 12.6. The minimum atomic E-state index is -0.385. The van der Waals surface area contributed by atoms with Crippen LogP contribution in [0.1, 0.15) is 29.3 Å². The molecule has 0 radical (unpaired) electrons. The lowest BCUT2D eigenvalue weighted by molar-refractivity contribution is -0.115. The van der Waals surface area contributed by atoms with Gasteiger partial charge in [-0.15, -0.1) is 0 Å². The quantitative estimate of drug-likeness (QED) is 0.594. The van der Waals surface area contributed by atoms with Crippen LogP contribution >= 0.6 is 28.1 Å². The number of halogens is 1. The highest BCUT2D eigenvalue weighted by Crippen LogP contribution is 2.27. The predicted molar refractivity (Wildman–Crippen MR) is 114 cm³/mol. The summed E-state index contributed by atoms with van der Waals surface area (Å²) in [7, 11) is 1.51. The maximum Gasteiger partial charge on any atom is 0.261 e. The van der Waals surface area contributed by atoms with Crippen LogP contribution in [0.2, 0.25) is 0 Å². The molecule has 3 N–H and O–H groups in total. The Bertz CT molecular complexity index is 886. The Labute approximate surface area is 171 Å². The molecule has 142 valence electrons. The highest BCUT2D eigenvalue weighted by molar-refractivity contribution is 9.10. The number of amides is 2. The van der Waals surface area contributed by atoms with Crippen LogP contribution in [0, 0.1) is 6.92 Å². The van der Waals surface area contributed by atoms with Crippen molar-refractivity contribution in [3.8, 4) is 5.75 Å². The number of benzene rings is 2. The molecule has 2 amide bonds. The van der Waals surface area contributed by atoms with Gasteiger partial charge in [0.2, 0.25) is 5.91 Å².